The van der Waals surface area contributed by atoms with E-state index in [1.807, 2.05) is 17.9 Å². The fourth-order valence-corrected chi connectivity index (χ4v) is 3.30. The van der Waals surface area contributed by atoms with Gasteiger partial charge in [0.25, 0.3) is 5.92 Å². The number of alkyl halides is 2. The molecule has 0 atom stereocenters. The Balaban J connectivity index is 1.65. The van der Waals surface area contributed by atoms with Gasteiger partial charge in [-0.2, -0.15) is 0 Å². The molecule has 2 fully saturated rings. The van der Waals surface area contributed by atoms with E-state index in [2.05, 4.69) is 21.8 Å². The van der Waals surface area contributed by atoms with Gasteiger partial charge in [0.2, 0.25) is 5.91 Å². The molecule has 1 saturated carbocycles. The number of allylic oxidation sites excluding steroid dienone is 1. The largest absolute Gasteiger partial charge is 0.353 e. The van der Waals surface area contributed by atoms with E-state index in [4.69, 9.17) is 0 Å². The molecule has 0 unspecified atom stereocenters. The van der Waals surface area contributed by atoms with Gasteiger partial charge in [0.05, 0.1) is 5.70 Å². The molecular formula is C22H28F2N4O. The number of anilines is 1. The molecule has 0 spiro atoms. The van der Waals surface area contributed by atoms with Crippen LogP contribution < -0.4 is 5.32 Å². The zero-order chi connectivity index (χ0) is 21.0. The van der Waals surface area contributed by atoms with Crippen molar-refractivity contribution in [3.63, 3.8) is 0 Å². The van der Waals surface area contributed by atoms with Crippen molar-refractivity contribution < 1.29 is 13.6 Å². The molecule has 0 radical (unpaired) electrons. The first-order chi connectivity index (χ1) is 13.8. The quantitative estimate of drug-likeness (QED) is 0.573. The van der Waals surface area contributed by atoms with Crippen molar-refractivity contribution in [2.75, 3.05) is 31.5 Å². The van der Waals surface area contributed by atoms with Crippen molar-refractivity contribution in [3.05, 3.63) is 54.4 Å². The number of piperazine rings is 1. The van der Waals surface area contributed by atoms with Crippen LogP contribution in [-0.4, -0.2) is 47.7 Å². The molecule has 7 heteroatoms. The molecule has 1 heterocycles. The van der Waals surface area contributed by atoms with Crippen LogP contribution in [0.5, 0.6) is 0 Å². The molecule has 0 bridgehead atoms. The average Bonchev–Trinajstić information content (AvgIpc) is 3.53. The number of rotatable bonds is 6. The van der Waals surface area contributed by atoms with Gasteiger partial charge in [0, 0.05) is 56.5 Å². The lowest BCUT2D eigenvalue weighted by molar-refractivity contribution is -0.133. The van der Waals surface area contributed by atoms with Gasteiger partial charge in [-0.05, 0) is 31.9 Å². The third-order valence-electron chi connectivity index (χ3n) is 5.12. The van der Waals surface area contributed by atoms with E-state index in [0.29, 0.717) is 43.4 Å². The fraction of sp³-hybridized carbons (Fsp3) is 0.455. The Hall–Kier alpha value is -2.70. The number of carbonyl (C=O) groups excluding carboxylic acids is 1. The molecule has 1 N–H and O–H groups in total. The lowest BCUT2D eigenvalue weighted by Gasteiger charge is -2.37. The summed E-state index contributed by atoms with van der Waals surface area (Å²) in [6, 6.07) is 6.02. The van der Waals surface area contributed by atoms with E-state index in [-0.39, 0.29) is 17.4 Å². The van der Waals surface area contributed by atoms with E-state index in [1.165, 1.54) is 12.1 Å². The number of benzene rings is 1. The van der Waals surface area contributed by atoms with E-state index < -0.39 is 5.92 Å². The monoisotopic (exact) mass is 402 g/mol. The topological polar surface area (TPSA) is 47.9 Å². The number of hydrogen-bond acceptors (Lipinski definition) is 3. The van der Waals surface area contributed by atoms with Crippen LogP contribution in [0.4, 0.5) is 14.5 Å². The Morgan fingerprint density at radius 3 is 2.28 bits per heavy atom. The minimum absolute atomic E-state index is 0.0343. The Bertz CT molecular complexity index is 799. The van der Waals surface area contributed by atoms with Gasteiger partial charge < -0.3 is 15.1 Å². The average molecular weight is 402 g/mol. The van der Waals surface area contributed by atoms with Crippen LogP contribution in [0.1, 0.15) is 32.3 Å². The van der Waals surface area contributed by atoms with Crippen molar-refractivity contribution in [1.29, 1.82) is 0 Å². The number of amidine groups is 1. The summed E-state index contributed by atoms with van der Waals surface area (Å²) in [5.74, 6) is -1.69. The normalized spacial score (nSPS) is 18.3. The summed E-state index contributed by atoms with van der Waals surface area (Å²) in [6.07, 6.45) is 5.55. The summed E-state index contributed by atoms with van der Waals surface area (Å²) in [5.41, 5.74) is 1.22. The molecular weight excluding hydrogens is 374 g/mol. The van der Waals surface area contributed by atoms with Gasteiger partial charge in [-0.3, -0.25) is 4.79 Å². The molecule has 156 valence electrons. The Labute approximate surface area is 170 Å². The molecule has 29 heavy (non-hydrogen) atoms. The van der Waals surface area contributed by atoms with E-state index >= 15 is 0 Å². The number of nitrogens with zero attached hydrogens (tertiary/aromatic N) is 3. The van der Waals surface area contributed by atoms with Gasteiger partial charge in [-0.25, -0.2) is 13.8 Å². The fourth-order valence-electron chi connectivity index (χ4n) is 3.30. The molecule has 1 aliphatic carbocycles. The second kappa shape index (κ2) is 8.76. The Kier molecular flexibility index (Phi) is 6.35. The summed E-state index contributed by atoms with van der Waals surface area (Å²) < 4.78 is 26.8. The number of aliphatic imine (C=N–C) groups is 1. The number of nitrogens with one attached hydrogen (secondary N) is 1. The summed E-state index contributed by atoms with van der Waals surface area (Å²) >= 11 is 0. The summed E-state index contributed by atoms with van der Waals surface area (Å²) in [6.45, 7) is 9.54. The van der Waals surface area contributed by atoms with Crippen molar-refractivity contribution >= 4 is 17.4 Å². The first kappa shape index (κ1) is 21.0. The van der Waals surface area contributed by atoms with Crippen LogP contribution in [-0.2, 0) is 10.7 Å². The molecule has 1 aliphatic heterocycles. The van der Waals surface area contributed by atoms with Crippen LogP contribution in [0, 0.1) is 5.92 Å². The minimum Gasteiger partial charge on any atom is -0.353 e. The van der Waals surface area contributed by atoms with Crippen molar-refractivity contribution in [1.82, 2.24) is 9.80 Å². The number of amides is 1. The highest BCUT2D eigenvalue weighted by Crippen LogP contribution is 2.31. The second-order valence-electron chi connectivity index (χ2n) is 7.59. The zero-order valence-corrected chi connectivity index (χ0v) is 17.0. The molecule has 0 aromatic heterocycles. The molecule has 1 saturated heterocycles. The third kappa shape index (κ3) is 5.43. The molecule has 1 aromatic carbocycles. The first-order valence-corrected chi connectivity index (χ1v) is 9.97. The van der Waals surface area contributed by atoms with Gasteiger partial charge in [0.15, 0.2) is 5.84 Å². The lowest BCUT2D eigenvalue weighted by atomic mass is 10.1. The lowest BCUT2D eigenvalue weighted by Crippen LogP contribution is -2.51. The third-order valence-corrected chi connectivity index (χ3v) is 5.12. The molecule has 3 rings (SSSR count). The van der Waals surface area contributed by atoms with Crippen molar-refractivity contribution in [2.45, 2.75) is 32.6 Å². The molecule has 5 nitrogen and oxygen atoms in total. The van der Waals surface area contributed by atoms with Gasteiger partial charge in [-0.15, -0.1) is 0 Å². The molecule has 2 aliphatic rings. The van der Waals surface area contributed by atoms with Crippen molar-refractivity contribution in [3.8, 4) is 0 Å². The minimum atomic E-state index is -2.87. The Morgan fingerprint density at radius 1 is 1.17 bits per heavy atom. The van der Waals surface area contributed by atoms with Crippen LogP contribution in [0.2, 0.25) is 0 Å². The van der Waals surface area contributed by atoms with Gasteiger partial charge in [-0.1, -0.05) is 24.8 Å². The standard InChI is InChI=1S/C22H28F2N4O/c1-4-11-25-20(27-12-14-28(15-13-27)21(29)17-5-6-17)16(2)26-19-9-7-18(8-10-19)22(3,23)24/h4,7-11,17,26H,2,5-6,12-15H2,1,3H3/b11-4-,25-20+. The highest BCUT2D eigenvalue weighted by molar-refractivity contribution is 6.00. The van der Waals surface area contributed by atoms with E-state index in [9.17, 15) is 13.6 Å². The number of carbonyl (C=O) groups is 1. The summed E-state index contributed by atoms with van der Waals surface area (Å²) in [7, 11) is 0. The maximum atomic E-state index is 13.4. The van der Waals surface area contributed by atoms with E-state index in [1.54, 1.807) is 18.3 Å². The van der Waals surface area contributed by atoms with Crippen LogP contribution in [0.15, 0.2) is 53.8 Å². The van der Waals surface area contributed by atoms with Crippen LogP contribution in [0.25, 0.3) is 0 Å². The molecule has 1 amide bonds. The van der Waals surface area contributed by atoms with Gasteiger partial charge >= 0.3 is 0 Å². The maximum absolute atomic E-state index is 13.4. The van der Waals surface area contributed by atoms with Gasteiger partial charge in [0.1, 0.15) is 0 Å². The summed E-state index contributed by atoms with van der Waals surface area (Å²) in [4.78, 5) is 20.8. The number of halogens is 2. The summed E-state index contributed by atoms with van der Waals surface area (Å²) in [5, 5.41) is 3.16. The second-order valence-corrected chi connectivity index (χ2v) is 7.59. The SMILES string of the molecule is C=C(Nc1ccc(C(C)(F)F)cc1)/C(=N\C=C/C)N1CCN(C(=O)C2CC2)CC1. The van der Waals surface area contributed by atoms with Crippen LogP contribution >= 0.6 is 0 Å². The maximum Gasteiger partial charge on any atom is 0.270 e. The predicted molar refractivity (Wildman–Crippen MR) is 112 cm³/mol. The first-order valence-electron chi connectivity index (χ1n) is 9.97. The Morgan fingerprint density at radius 2 is 1.76 bits per heavy atom. The van der Waals surface area contributed by atoms with E-state index in [0.717, 1.165) is 19.8 Å². The highest BCUT2D eigenvalue weighted by Gasteiger charge is 2.35. The highest BCUT2D eigenvalue weighted by atomic mass is 19.3. The predicted octanol–water partition coefficient (Wildman–Crippen LogP) is 4.21. The smallest absolute Gasteiger partial charge is 0.270 e. The van der Waals surface area contributed by atoms with Crippen LogP contribution in [0.3, 0.4) is 0 Å². The zero-order valence-electron chi connectivity index (χ0n) is 17.0. The number of hydrogen-bond donors (Lipinski definition) is 1. The van der Waals surface area contributed by atoms with Crippen molar-refractivity contribution in [2.24, 2.45) is 10.9 Å². The molecule has 1 aromatic rings.